The van der Waals surface area contributed by atoms with E-state index < -0.39 is 23.8 Å². The molecule has 0 spiro atoms. The number of hydrogen-bond acceptors (Lipinski definition) is 3. The number of halogens is 3. The second-order valence-corrected chi connectivity index (χ2v) is 5.72. The number of carbonyl (C=O) groups is 1. The second-order valence-electron chi connectivity index (χ2n) is 5.72. The maximum atomic E-state index is 12.7. The minimum absolute atomic E-state index is 0.00476. The average Bonchev–Trinajstić information content (AvgIpc) is 2.55. The summed E-state index contributed by atoms with van der Waals surface area (Å²) < 4.78 is 43.4. The van der Waals surface area contributed by atoms with Crippen LogP contribution in [0.4, 0.5) is 13.2 Å². The zero-order chi connectivity index (χ0) is 18.4. The van der Waals surface area contributed by atoms with Crippen LogP contribution in [0.15, 0.2) is 48.7 Å². The molecule has 2 unspecified atom stereocenters. The van der Waals surface area contributed by atoms with Gasteiger partial charge in [-0.25, -0.2) is 0 Å². The molecule has 4 nitrogen and oxygen atoms in total. The normalized spacial score (nSPS) is 13.8. The van der Waals surface area contributed by atoms with Gasteiger partial charge in [0.15, 0.2) is 6.10 Å². The number of nitrogens with one attached hydrogen (secondary N) is 1. The van der Waals surface area contributed by atoms with Gasteiger partial charge >= 0.3 is 6.18 Å². The number of hydrogen-bond donors (Lipinski definition) is 1. The number of alkyl halides is 3. The number of ether oxygens (including phenoxy) is 1. The van der Waals surface area contributed by atoms with Crippen molar-refractivity contribution < 1.29 is 22.7 Å². The Kier molecular flexibility index (Phi) is 6.01. The van der Waals surface area contributed by atoms with E-state index >= 15 is 0 Å². The van der Waals surface area contributed by atoms with E-state index in [0.717, 1.165) is 17.8 Å². The number of benzene rings is 1. The molecule has 0 saturated heterocycles. The van der Waals surface area contributed by atoms with Gasteiger partial charge in [0.25, 0.3) is 5.91 Å². The molecule has 1 heterocycles. The minimum atomic E-state index is -4.46. The minimum Gasteiger partial charge on any atom is -0.481 e. The molecule has 2 aromatic rings. The maximum absolute atomic E-state index is 12.7. The topological polar surface area (TPSA) is 51.2 Å². The zero-order valence-corrected chi connectivity index (χ0v) is 13.9. The van der Waals surface area contributed by atoms with Gasteiger partial charge in [-0.15, -0.1) is 0 Å². The third-order valence-electron chi connectivity index (χ3n) is 3.47. The second kappa shape index (κ2) is 8.00. The number of rotatable bonds is 6. The SMILES string of the molecule is CC(Cc1ccccn1)NC(=O)C(C)Oc1cccc(C(F)(F)F)c1. The molecule has 1 aromatic heterocycles. The van der Waals surface area contributed by atoms with Gasteiger partial charge in [0.2, 0.25) is 0 Å². The lowest BCUT2D eigenvalue weighted by Gasteiger charge is -2.19. The molecule has 25 heavy (non-hydrogen) atoms. The Balaban J connectivity index is 1.92. The van der Waals surface area contributed by atoms with Crippen LogP contribution in [0.25, 0.3) is 0 Å². The van der Waals surface area contributed by atoms with Gasteiger partial charge in [0.1, 0.15) is 5.75 Å². The third kappa shape index (κ3) is 5.77. The summed E-state index contributed by atoms with van der Waals surface area (Å²) in [5.74, 6) is -0.407. The van der Waals surface area contributed by atoms with Gasteiger partial charge in [0, 0.05) is 24.4 Å². The summed E-state index contributed by atoms with van der Waals surface area (Å²) in [6.07, 6.45) is -3.16. The number of nitrogens with zero attached hydrogens (tertiary/aromatic N) is 1. The molecule has 2 atom stereocenters. The number of pyridine rings is 1. The Morgan fingerprint density at radius 2 is 1.96 bits per heavy atom. The maximum Gasteiger partial charge on any atom is 0.416 e. The molecule has 7 heteroatoms. The fourth-order valence-electron chi connectivity index (χ4n) is 2.25. The number of amides is 1. The Morgan fingerprint density at radius 1 is 1.20 bits per heavy atom. The molecule has 0 aliphatic heterocycles. The first-order valence-electron chi connectivity index (χ1n) is 7.80. The lowest BCUT2D eigenvalue weighted by Crippen LogP contribution is -2.42. The first kappa shape index (κ1) is 18.8. The average molecular weight is 352 g/mol. The zero-order valence-electron chi connectivity index (χ0n) is 13.9. The molecule has 2 rings (SSSR count). The monoisotopic (exact) mass is 352 g/mol. The van der Waals surface area contributed by atoms with E-state index in [2.05, 4.69) is 10.3 Å². The summed E-state index contributed by atoms with van der Waals surface area (Å²) in [4.78, 5) is 16.3. The Morgan fingerprint density at radius 3 is 2.60 bits per heavy atom. The molecule has 134 valence electrons. The highest BCUT2D eigenvalue weighted by Gasteiger charge is 2.31. The van der Waals surface area contributed by atoms with Gasteiger partial charge in [-0.3, -0.25) is 9.78 Å². The summed E-state index contributed by atoms with van der Waals surface area (Å²) in [6, 6.07) is 9.78. The van der Waals surface area contributed by atoms with Crippen LogP contribution >= 0.6 is 0 Å². The van der Waals surface area contributed by atoms with E-state index in [1.54, 1.807) is 12.3 Å². The summed E-state index contributed by atoms with van der Waals surface area (Å²) in [7, 11) is 0. The quantitative estimate of drug-likeness (QED) is 0.864. The first-order valence-corrected chi connectivity index (χ1v) is 7.80. The Labute approximate surface area is 144 Å². The molecular weight excluding hydrogens is 333 g/mol. The summed E-state index contributed by atoms with van der Waals surface area (Å²) in [5.41, 5.74) is 0.0166. The van der Waals surface area contributed by atoms with Crippen molar-refractivity contribution in [2.45, 2.75) is 38.6 Å². The highest BCUT2D eigenvalue weighted by Crippen LogP contribution is 2.31. The van der Waals surface area contributed by atoms with E-state index in [1.807, 2.05) is 19.1 Å². The number of carbonyl (C=O) groups excluding carboxylic acids is 1. The molecule has 1 N–H and O–H groups in total. The molecule has 0 bridgehead atoms. The predicted octanol–water partition coefficient (Wildman–Crippen LogP) is 3.62. The van der Waals surface area contributed by atoms with E-state index in [1.165, 1.54) is 19.1 Å². The van der Waals surface area contributed by atoms with Crippen molar-refractivity contribution in [1.82, 2.24) is 10.3 Å². The van der Waals surface area contributed by atoms with Gasteiger partial charge < -0.3 is 10.1 Å². The van der Waals surface area contributed by atoms with Crippen LogP contribution in [0.3, 0.4) is 0 Å². The lowest BCUT2D eigenvalue weighted by molar-refractivity contribution is -0.137. The summed E-state index contributed by atoms with van der Waals surface area (Å²) in [6.45, 7) is 3.31. The Hall–Kier alpha value is -2.57. The van der Waals surface area contributed by atoms with Crippen molar-refractivity contribution in [3.8, 4) is 5.75 Å². The van der Waals surface area contributed by atoms with Crippen molar-refractivity contribution in [2.75, 3.05) is 0 Å². The molecule has 0 aliphatic rings. The van der Waals surface area contributed by atoms with Crippen molar-refractivity contribution >= 4 is 5.91 Å². The van der Waals surface area contributed by atoms with Crippen LogP contribution in [0.1, 0.15) is 25.1 Å². The van der Waals surface area contributed by atoms with Crippen LogP contribution < -0.4 is 10.1 Å². The summed E-state index contributed by atoms with van der Waals surface area (Å²) in [5, 5.41) is 2.77. The van der Waals surface area contributed by atoms with Crippen LogP contribution in [0.2, 0.25) is 0 Å². The number of aromatic nitrogens is 1. The predicted molar refractivity (Wildman–Crippen MR) is 87.1 cm³/mol. The van der Waals surface area contributed by atoms with Crippen LogP contribution in [0.5, 0.6) is 5.75 Å². The van der Waals surface area contributed by atoms with E-state index in [4.69, 9.17) is 4.74 Å². The van der Waals surface area contributed by atoms with Crippen molar-refractivity contribution in [1.29, 1.82) is 0 Å². The van der Waals surface area contributed by atoms with Crippen LogP contribution in [-0.2, 0) is 17.4 Å². The van der Waals surface area contributed by atoms with E-state index in [0.29, 0.717) is 6.42 Å². The first-order chi connectivity index (χ1) is 11.8. The largest absolute Gasteiger partial charge is 0.481 e. The van der Waals surface area contributed by atoms with E-state index in [9.17, 15) is 18.0 Å². The van der Waals surface area contributed by atoms with Crippen LogP contribution in [-0.4, -0.2) is 23.0 Å². The lowest BCUT2D eigenvalue weighted by atomic mass is 10.1. The third-order valence-corrected chi connectivity index (χ3v) is 3.47. The highest BCUT2D eigenvalue weighted by atomic mass is 19.4. The van der Waals surface area contributed by atoms with Crippen molar-refractivity contribution in [3.05, 3.63) is 59.9 Å². The van der Waals surface area contributed by atoms with Gasteiger partial charge in [0.05, 0.1) is 5.56 Å². The van der Waals surface area contributed by atoms with Gasteiger partial charge in [-0.2, -0.15) is 13.2 Å². The highest BCUT2D eigenvalue weighted by molar-refractivity contribution is 5.81. The molecule has 1 amide bonds. The fraction of sp³-hybridized carbons (Fsp3) is 0.333. The molecule has 0 radical (unpaired) electrons. The molecule has 0 fully saturated rings. The molecule has 1 aromatic carbocycles. The Bertz CT molecular complexity index is 705. The molecular formula is C18H19F3N2O2. The van der Waals surface area contributed by atoms with Crippen molar-refractivity contribution in [3.63, 3.8) is 0 Å². The fourth-order valence-corrected chi connectivity index (χ4v) is 2.25. The standard InChI is InChI=1S/C18H19F3N2O2/c1-12(10-15-7-3-4-9-22-15)23-17(24)13(2)25-16-8-5-6-14(11-16)18(19,20)21/h3-9,11-13H,10H2,1-2H3,(H,23,24). The van der Waals surface area contributed by atoms with Crippen molar-refractivity contribution in [2.24, 2.45) is 0 Å². The van der Waals surface area contributed by atoms with E-state index in [-0.39, 0.29) is 11.8 Å². The molecule has 0 saturated carbocycles. The van der Waals surface area contributed by atoms with Gasteiger partial charge in [-0.1, -0.05) is 12.1 Å². The summed E-state index contributed by atoms with van der Waals surface area (Å²) >= 11 is 0. The van der Waals surface area contributed by atoms with Gasteiger partial charge in [-0.05, 0) is 44.2 Å². The smallest absolute Gasteiger partial charge is 0.416 e. The van der Waals surface area contributed by atoms with Crippen LogP contribution in [0, 0.1) is 0 Å². The molecule has 0 aliphatic carbocycles.